The molecule has 0 aromatic heterocycles. The van der Waals surface area contributed by atoms with E-state index in [0.29, 0.717) is 6.61 Å². The Morgan fingerprint density at radius 2 is 2.60 bits per heavy atom. The Hall–Kier alpha value is -0.920. The van der Waals surface area contributed by atoms with Gasteiger partial charge >= 0.3 is 0 Å². The first-order chi connectivity index (χ1) is 4.93. The van der Waals surface area contributed by atoms with Crippen LogP contribution in [0, 0.1) is 0 Å². The predicted octanol–water partition coefficient (Wildman–Crippen LogP) is 1.41. The summed E-state index contributed by atoms with van der Waals surface area (Å²) >= 11 is 0. The highest BCUT2D eigenvalue weighted by Gasteiger charge is 1.96. The van der Waals surface area contributed by atoms with Gasteiger partial charge in [-0.15, -0.1) is 0 Å². The predicted molar refractivity (Wildman–Crippen MR) is 41.5 cm³/mol. The molecule has 10 heavy (non-hydrogen) atoms. The molecule has 0 fully saturated rings. The number of hydrogen-bond donors (Lipinski definition) is 1. The van der Waals surface area contributed by atoms with E-state index >= 15 is 0 Å². The number of nitrogens with one attached hydrogen (secondary N) is 1. The monoisotopic (exact) mass is 139 g/mol. The van der Waals surface area contributed by atoms with Crippen molar-refractivity contribution in [3.63, 3.8) is 0 Å². The van der Waals surface area contributed by atoms with Gasteiger partial charge in [0.05, 0.1) is 6.26 Å². The lowest BCUT2D eigenvalue weighted by Crippen LogP contribution is -2.18. The molecule has 1 aliphatic rings. The van der Waals surface area contributed by atoms with Crippen molar-refractivity contribution >= 4 is 0 Å². The standard InChI is InChI=1S/C8H13NO/c1-2-5-9-8-4-3-6-10-7-8/h3-4,6,9H,2,5,7H2,1H3. The molecule has 1 rings (SSSR count). The largest absolute Gasteiger partial charge is 0.495 e. The van der Waals surface area contributed by atoms with Gasteiger partial charge in [0.1, 0.15) is 6.61 Å². The van der Waals surface area contributed by atoms with E-state index in [-0.39, 0.29) is 0 Å². The third-order valence-corrected chi connectivity index (χ3v) is 1.31. The second-order valence-corrected chi connectivity index (χ2v) is 2.26. The van der Waals surface area contributed by atoms with Crippen LogP contribution < -0.4 is 5.32 Å². The van der Waals surface area contributed by atoms with Crippen molar-refractivity contribution in [3.05, 3.63) is 24.1 Å². The van der Waals surface area contributed by atoms with Gasteiger partial charge in [-0.05, 0) is 18.6 Å². The maximum atomic E-state index is 5.07. The molecule has 0 spiro atoms. The first kappa shape index (κ1) is 7.19. The lowest BCUT2D eigenvalue weighted by Gasteiger charge is -2.11. The van der Waals surface area contributed by atoms with Crippen LogP contribution in [0.25, 0.3) is 0 Å². The first-order valence-electron chi connectivity index (χ1n) is 3.64. The number of hydrogen-bond acceptors (Lipinski definition) is 2. The van der Waals surface area contributed by atoms with E-state index in [2.05, 4.69) is 12.2 Å². The van der Waals surface area contributed by atoms with E-state index in [1.807, 2.05) is 12.2 Å². The van der Waals surface area contributed by atoms with Crippen LogP contribution in [0.1, 0.15) is 13.3 Å². The Morgan fingerprint density at radius 1 is 1.70 bits per heavy atom. The molecule has 1 heterocycles. The molecule has 0 amide bonds. The minimum absolute atomic E-state index is 0.691. The van der Waals surface area contributed by atoms with Crippen molar-refractivity contribution in [2.75, 3.05) is 13.2 Å². The van der Waals surface area contributed by atoms with Crippen molar-refractivity contribution in [2.24, 2.45) is 0 Å². The van der Waals surface area contributed by atoms with Crippen LogP contribution in [-0.2, 0) is 4.74 Å². The number of ether oxygens (including phenoxy) is 1. The van der Waals surface area contributed by atoms with Crippen molar-refractivity contribution < 1.29 is 4.74 Å². The van der Waals surface area contributed by atoms with Gasteiger partial charge in [-0.25, -0.2) is 0 Å². The summed E-state index contributed by atoms with van der Waals surface area (Å²) in [7, 11) is 0. The average molecular weight is 139 g/mol. The summed E-state index contributed by atoms with van der Waals surface area (Å²) in [5, 5.41) is 3.26. The summed E-state index contributed by atoms with van der Waals surface area (Å²) in [6.45, 7) is 3.87. The zero-order chi connectivity index (χ0) is 7.23. The summed E-state index contributed by atoms with van der Waals surface area (Å²) in [6.07, 6.45) is 6.80. The first-order valence-corrected chi connectivity index (χ1v) is 3.64. The van der Waals surface area contributed by atoms with Crippen LogP contribution in [0.3, 0.4) is 0 Å². The van der Waals surface area contributed by atoms with Crippen LogP contribution in [0.2, 0.25) is 0 Å². The molecule has 2 nitrogen and oxygen atoms in total. The summed E-state index contributed by atoms with van der Waals surface area (Å²) in [5.41, 5.74) is 1.17. The van der Waals surface area contributed by atoms with Gasteiger partial charge in [0.15, 0.2) is 0 Å². The fraction of sp³-hybridized carbons (Fsp3) is 0.500. The van der Waals surface area contributed by atoms with Crippen molar-refractivity contribution in [1.82, 2.24) is 5.32 Å². The van der Waals surface area contributed by atoms with Crippen LogP contribution in [0.4, 0.5) is 0 Å². The molecule has 0 unspecified atom stereocenters. The molecule has 1 aliphatic heterocycles. The van der Waals surface area contributed by atoms with E-state index in [0.717, 1.165) is 13.0 Å². The molecule has 0 bridgehead atoms. The maximum Gasteiger partial charge on any atom is 0.127 e. The Morgan fingerprint density at radius 3 is 3.20 bits per heavy atom. The van der Waals surface area contributed by atoms with E-state index in [1.54, 1.807) is 6.26 Å². The van der Waals surface area contributed by atoms with Gasteiger partial charge in [0, 0.05) is 12.2 Å². The molecule has 2 heteroatoms. The summed E-state index contributed by atoms with van der Waals surface area (Å²) < 4.78 is 5.07. The van der Waals surface area contributed by atoms with Crippen LogP contribution >= 0.6 is 0 Å². The zero-order valence-corrected chi connectivity index (χ0v) is 6.26. The second-order valence-electron chi connectivity index (χ2n) is 2.26. The van der Waals surface area contributed by atoms with Crippen LogP contribution in [0.5, 0.6) is 0 Å². The third-order valence-electron chi connectivity index (χ3n) is 1.31. The molecule has 1 N–H and O–H groups in total. The van der Waals surface area contributed by atoms with Crippen molar-refractivity contribution in [1.29, 1.82) is 0 Å². The number of rotatable bonds is 3. The highest BCUT2D eigenvalue weighted by Crippen LogP contribution is 1.98. The van der Waals surface area contributed by atoms with Gasteiger partial charge < -0.3 is 10.1 Å². The molecule has 0 saturated carbocycles. The van der Waals surface area contributed by atoms with Crippen LogP contribution in [-0.4, -0.2) is 13.2 Å². The highest BCUT2D eigenvalue weighted by molar-refractivity contribution is 5.13. The third kappa shape index (κ3) is 2.13. The molecule has 0 atom stereocenters. The van der Waals surface area contributed by atoms with Gasteiger partial charge in [-0.2, -0.15) is 0 Å². The molecule has 56 valence electrons. The van der Waals surface area contributed by atoms with Crippen molar-refractivity contribution in [2.45, 2.75) is 13.3 Å². The summed E-state index contributed by atoms with van der Waals surface area (Å²) in [4.78, 5) is 0. The van der Waals surface area contributed by atoms with E-state index in [9.17, 15) is 0 Å². The topological polar surface area (TPSA) is 21.3 Å². The van der Waals surface area contributed by atoms with E-state index in [4.69, 9.17) is 4.74 Å². The summed E-state index contributed by atoms with van der Waals surface area (Å²) in [5.74, 6) is 0. The average Bonchev–Trinajstić information content (AvgIpc) is 2.03. The lowest BCUT2D eigenvalue weighted by atomic mass is 10.3. The van der Waals surface area contributed by atoms with Gasteiger partial charge in [-0.3, -0.25) is 0 Å². The van der Waals surface area contributed by atoms with Gasteiger partial charge in [0.2, 0.25) is 0 Å². The molecule has 0 aromatic carbocycles. The zero-order valence-electron chi connectivity index (χ0n) is 6.26. The normalized spacial score (nSPS) is 15.9. The smallest absolute Gasteiger partial charge is 0.127 e. The minimum atomic E-state index is 0.691. The lowest BCUT2D eigenvalue weighted by molar-refractivity contribution is 0.268. The van der Waals surface area contributed by atoms with E-state index in [1.165, 1.54) is 5.70 Å². The molecular weight excluding hydrogens is 126 g/mol. The fourth-order valence-electron chi connectivity index (χ4n) is 0.793. The highest BCUT2D eigenvalue weighted by atomic mass is 16.5. The molecule has 0 aromatic rings. The van der Waals surface area contributed by atoms with Gasteiger partial charge in [-0.1, -0.05) is 6.92 Å². The molecule has 0 aliphatic carbocycles. The Kier molecular flexibility index (Phi) is 2.87. The Labute approximate surface area is 61.6 Å². The second kappa shape index (κ2) is 3.99. The number of allylic oxidation sites excluding steroid dienone is 2. The van der Waals surface area contributed by atoms with Gasteiger partial charge in [0.25, 0.3) is 0 Å². The minimum Gasteiger partial charge on any atom is -0.495 e. The quantitative estimate of drug-likeness (QED) is 0.638. The Balaban J connectivity index is 2.25. The SMILES string of the molecule is CCCNC1=CC=COC1. The van der Waals surface area contributed by atoms with Crippen LogP contribution in [0.15, 0.2) is 24.1 Å². The maximum absolute atomic E-state index is 5.07. The fourth-order valence-corrected chi connectivity index (χ4v) is 0.793. The van der Waals surface area contributed by atoms with Crippen molar-refractivity contribution in [3.8, 4) is 0 Å². The molecule has 0 radical (unpaired) electrons. The summed E-state index contributed by atoms with van der Waals surface area (Å²) in [6, 6.07) is 0. The van der Waals surface area contributed by atoms with E-state index < -0.39 is 0 Å². The Bertz CT molecular complexity index is 149. The molecular formula is C8H13NO. The molecule has 0 saturated heterocycles.